The Morgan fingerprint density at radius 3 is 2.79 bits per heavy atom. The van der Waals surface area contributed by atoms with E-state index in [-0.39, 0.29) is 17.1 Å². The first-order valence-corrected chi connectivity index (χ1v) is 13.3. The number of halogens is 1. The molecule has 1 saturated heterocycles. The Hall–Kier alpha value is -2.69. The van der Waals surface area contributed by atoms with Gasteiger partial charge in [0.25, 0.3) is 0 Å². The summed E-state index contributed by atoms with van der Waals surface area (Å²) in [6, 6.07) is 9.05. The molecule has 4 heterocycles. The third kappa shape index (κ3) is 3.66. The quantitative estimate of drug-likeness (QED) is 0.420. The number of aromatic nitrogens is 4. The Morgan fingerprint density at radius 2 is 2.00 bits per heavy atom. The molecule has 1 aliphatic heterocycles. The topological polar surface area (TPSA) is 81.0 Å². The van der Waals surface area contributed by atoms with Crippen molar-refractivity contribution >= 4 is 31.6 Å². The molecule has 2 fully saturated rings. The van der Waals surface area contributed by atoms with E-state index in [4.69, 9.17) is 5.10 Å². The molecule has 0 unspecified atom stereocenters. The lowest BCUT2D eigenvalue weighted by molar-refractivity contribution is 0.434. The van der Waals surface area contributed by atoms with Crippen molar-refractivity contribution < 1.29 is 12.8 Å². The van der Waals surface area contributed by atoms with Crippen molar-refractivity contribution in [2.24, 2.45) is 0 Å². The molecule has 10 heteroatoms. The van der Waals surface area contributed by atoms with Crippen LogP contribution in [0, 0.1) is 12.7 Å². The molecule has 2 aliphatic rings. The normalized spacial score (nSPS) is 19.5. The molecule has 33 heavy (non-hydrogen) atoms. The predicted octanol–water partition coefficient (Wildman–Crippen LogP) is 4.41. The zero-order valence-electron chi connectivity index (χ0n) is 18.0. The maximum absolute atomic E-state index is 13.9. The van der Waals surface area contributed by atoms with Gasteiger partial charge in [0.1, 0.15) is 11.5 Å². The summed E-state index contributed by atoms with van der Waals surface area (Å²) in [5.41, 5.74) is 6.16. The van der Waals surface area contributed by atoms with Crippen LogP contribution >= 0.6 is 11.3 Å². The van der Waals surface area contributed by atoms with Crippen LogP contribution in [0.15, 0.2) is 42.0 Å². The van der Waals surface area contributed by atoms with E-state index in [2.05, 4.69) is 16.0 Å². The average Bonchev–Trinajstić information content (AvgIpc) is 3.21. The van der Waals surface area contributed by atoms with Gasteiger partial charge in [-0.15, -0.1) is 11.3 Å². The largest absolute Gasteiger partial charge is 0.267 e. The van der Waals surface area contributed by atoms with E-state index < -0.39 is 10.0 Å². The van der Waals surface area contributed by atoms with Gasteiger partial charge in [0.15, 0.2) is 0 Å². The number of hydrogen-bond donors (Lipinski definition) is 0. The van der Waals surface area contributed by atoms with Crippen molar-refractivity contribution in [1.29, 1.82) is 0 Å². The lowest BCUT2D eigenvalue weighted by Crippen LogP contribution is -2.32. The lowest BCUT2D eigenvalue weighted by atomic mass is 10.0. The van der Waals surface area contributed by atoms with E-state index >= 15 is 0 Å². The second-order valence-electron chi connectivity index (χ2n) is 8.71. The molecule has 7 nitrogen and oxygen atoms in total. The maximum atomic E-state index is 13.9. The van der Waals surface area contributed by atoms with Gasteiger partial charge < -0.3 is 0 Å². The SMILES string of the molecule is Cc1nc(-c2nn([C@@H]3CCN(S(=O)(=O)C4CC4)C3)cc2-c2ccc3ncsc3c2)ccc1F. The molecule has 1 atom stereocenters. The van der Waals surface area contributed by atoms with Gasteiger partial charge >= 0.3 is 0 Å². The lowest BCUT2D eigenvalue weighted by Gasteiger charge is -2.16. The van der Waals surface area contributed by atoms with Gasteiger partial charge in [-0.2, -0.15) is 9.40 Å². The van der Waals surface area contributed by atoms with Gasteiger partial charge in [-0.1, -0.05) is 6.07 Å². The Labute approximate surface area is 195 Å². The Kier molecular flexibility index (Phi) is 4.86. The van der Waals surface area contributed by atoms with Crippen LogP contribution in [0.25, 0.3) is 32.7 Å². The fourth-order valence-electron chi connectivity index (χ4n) is 4.41. The molecule has 6 rings (SSSR count). The highest BCUT2D eigenvalue weighted by Crippen LogP contribution is 2.37. The molecule has 0 bridgehead atoms. The highest BCUT2D eigenvalue weighted by atomic mass is 32.2. The molecule has 3 aromatic heterocycles. The molecule has 1 aromatic carbocycles. The van der Waals surface area contributed by atoms with Gasteiger partial charge in [0, 0.05) is 24.8 Å². The minimum Gasteiger partial charge on any atom is -0.267 e. The summed E-state index contributed by atoms with van der Waals surface area (Å²) in [5.74, 6) is -0.359. The molecule has 0 N–H and O–H groups in total. The number of thiazole rings is 1. The zero-order chi connectivity index (χ0) is 22.7. The Morgan fingerprint density at radius 1 is 1.15 bits per heavy atom. The number of sulfonamides is 1. The molecule has 0 amide bonds. The fourth-order valence-corrected chi connectivity index (χ4v) is 7.02. The summed E-state index contributed by atoms with van der Waals surface area (Å²) >= 11 is 1.57. The van der Waals surface area contributed by atoms with Crippen molar-refractivity contribution in [1.82, 2.24) is 24.1 Å². The third-order valence-electron chi connectivity index (χ3n) is 6.44. The van der Waals surface area contributed by atoms with Crippen LogP contribution in [0.2, 0.25) is 0 Å². The molecular weight excluding hydrogens is 461 g/mol. The summed E-state index contributed by atoms with van der Waals surface area (Å²) < 4.78 is 43.8. The second-order valence-corrected chi connectivity index (χ2v) is 11.8. The molecule has 1 aliphatic carbocycles. The monoisotopic (exact) mass is 483 g/mol. The highest BCUT2D eigenvalue weighted by Gasteiger charge is 2.43. The van der Waals surface area contributed by atoms with Crippen molar-refractivity contribution in [3.63, 3.8) is 0 Å². The van der Waals surface area contributed by atoms with E-state index in [9.17, 15) is 12.8 Å². The summed E-state index contributed by atoms with van der Waals surface area (Å²) in [6.45, 7) is 2.56. The van der Waals surface area contributed by atoms with Crippen LogP contribution in [0.5, 0.6) is 0 Å². The number of fused-ring (bicyclic) bond motifs is 1. The number of nitrogens with zero attached hydrogens (tertiary/aromatic N) is 5. The van der Waals surface area contributed by atoms with Crippen LogP contribution in [0.3, 0.4) is 0 Å². The van der Waals surface area contributed by atoms with Gasteiger partial charge in [-0.25, -0.2) is 22.8 Å². The molecule has 170 valence electrons. The van der Waals surface area contributed by atoms with E-state index in [0.29, 0.717) is 36.6 Å². The van der Waals surface area contributed by atoms with E-state index in [1.807, 2.05) is 28.5 Å². The number of pyridine rings is 1. The first kappa shape index (κ1) is 20.9. The van der Waals surface area contributed by atoms with Crippen molar-refractivity contribution in [2.45, 2.75) is 37.5 Å². The second kappa shape index (κ2) is 7.68. The van der Waals surface area contributed by atoms with Crippen LogP contribution in [-0.4, -0.2) is 50.8 Å². The third-order valence-corrected chi connectivity index (χ3v) is 9.60. The van der Waals surface area contributed by atoms with E-state index in [0.717, 1.165) is 34.2 Å². The van der Waals surface area contributed by atoms with Crippen molar-refractivity contribution in [3.8, 4) is 22.5 Å². The maximum Gasteiger partial charge on any atom is 0.217 e. The summed E-state index contributed by atoms with van der Waals surface area (Å²) in [5, 5.41) is 4.64. The standard InChI is InChI=1S/C23H22FN5O2S2/c1-14-19(24)5-7-21(26-14)23-18(15-2-6-20-22(10-15)32-13-25-20)12-29(27-23)16-8-9-28(11-16)33(30,31)17-3-4-17/h2,5-7,10,12-13,16-17H,3-4,8-9,11H2,1H3/t16-/m1/s1. The Bertz CT molecular complexity index is 1480. The number of benzene rings is 1. The summed E-state index contributed by atoms with van der Waals surface area (Å²) in [7, 11) is -3.21. The van der Waals surface area contributed by atoms with Gasteiger partial charge in [0.2, 0.25) is 10.0 Å². The summed E-state index contributed by atoms with van der Waals surface area (Å²) in [4.78, 5) is 8.80. The van der Waals surface area contributed by atoms with Crippen LogP contribution in [0.1, 0.15) is 31.0 Å². The fraction of sp³-hybridized carbons (Fsp3) is 0.348. The van der Waals surface area contributed by atoms with E-state index in [1.54, 1.807) is 28.6 Å². The first-order valence-electron chi connectivity index (χ1n) is 11.0. The van der Waals surface area contributed by atoms with Gasteiger partial charge in [-0.3, -0.25) is 4.68 Å². The molecule has 4 aromatic rings. The van der Waals surface area contributed by atoms with Crippen LogP contribution in [0.4, 0.5) is 4.39 Å². The average molecular weight is 484 g/mol. The first-order chi connectivity index (χ1) is 15.9. The smallest absolute Gasteiger partial charge is 0.217 e. The number of rotatable bonds is 5. The predicted molar refractivity (Wildman–Crippen MR) is 126 cm³/mol. The molecule has 0 radical (unpaired) electrons. The summed E-state index contributed by atoms with van der Waals surface area (Å²) in [6.07, 6.45) is 4.19. The van der Waals surface area contributed by atoms with E-state index in [1.165, 1.54) is 6.07 Å². The van der Waals surface area contributed by atoms with Crippen LogP contribution in [-0.2, 0) is 10.0 Å². The molecule has 0 spiro atoms. The minimum atomic E-state index is -3.21. The van der Waals surface area contributed by atoms with Gasteiger partial charge in [0.05, 0.1) is 38.4 Å². The minimum absolute atomic E-state index is 0.0558. The Balaban J connectivity index is 1.42. The van der Waals surface area contributed by atoms with Crippen molar-refractivity contribution in [3.05, 3.63) is 53.6 Å². The van der Waals surface area contributed by atoms with Crippen LogP contribution < -0.4 is 0 Å². The highest BCUT2D eigenvalue weighted by molar-refractivity contribution is 7.90. The molecular formula is C23H22FN5O2S2. The zero-order valence-corrected chi connectivity index (χ0v) is 19.6. The number of aryl methyl sites for hydroxylation is 1. The van der Waals surface area contributed by atoms with Gasteiger partial charge in [-0.05, 0) is 56.0 Å². The molecule has 1 saturated carbocycles. The van der Waals surface area contributed by atoms with Crippen molar-refractivity contribution in [2.75, 3.05) is 13.1 Å². The number of hydrogen-bond acceptors (Lipinski definition) is 6.